The van der Waals surface area contributed by atoms with Crippen molar-refractivity contribution in [1.82, 2.24) is 25.1 Å². The lowest BCUT2D eigenvalue weighted by molar-refractivity contribution is 0.0967. The number of aromatic amines is 1. The Morgan fingerprint density at radius 2 is 2.14 bits per heavy atom. The highest BCUT2D eigenvalue weighted by atomic mass is 35.5. The maximum Gasteiger partial charge on any atom is 0.279 e. The SMILES string of the molecule is Cc1[nH]c(-c2ccc(C#N)c(F)c2)nc1C(=O)N(c1ccc2nn(C)c(Cl)c2c1)[C@@H]1CCCNC1. The number of rotatable bonds is 4. The highest BCUT2D eigenvalue weighted by molar-refractivity contribution is 6.34. The summed E-state index contributed by atoms with van der Waals surface area (Å²) in [5, 5.41) is 18.0. The summed E-state index contributed by atoms with van der Waals surface area (Å²) in [4.78, 5) is 23.4. The number of carbonyl (C=O) groups is 1. The van der Waals surface area contributed by atoms with Crippen molar-refractivity contribution in [3.63, 3.8) is 0 Å². The number of fused-ring (bicyclic) bond motifs is 1. The highest BCUT2D eigenvalue weighted by Crippen LogP contribution is 2.31. The maximum absolute atomic E-state index is 14.2. The Hall–Kier alpha value is -3.74. The van der Waals surface area contributed by atoms with Gasteiger partial charge in [0.15, 0.2) is 0 Å². The second-order valence-electron chi connectivity index (χ2n) is 8.66. The molecule has 178 valence electrons. The number of anilines is 1. The molecule has 1 atom stereocenters. The van der Waals surface area contributed by atoms with Crippen LogP contribution in [0.1, 0.15) is 34.6 Å². The van der Waals surface area contributed by atoms with Gasteiger partial charge in [0.2, 0.25) is 0 Å². The summed E-state index contributed by atoms with van der Waals surface area (Å²) >= 11 is 6.45. The van der Waals surface area contributed by atoms with E-state index in [1.807, 2.05) is 24.3 Å². The lowest BCUT2D eigenvalue weighted by Gasteiger charge is -2.34. The molecule has 8 nitrogen and oxygen atoms in total. The molecule has 0 bridgehead atoms. The van der Waals surface area contributed by atoms with E-state index in [2.05, 4.69) is 20.4 Å². The van der Waals surface area contributed by atoms with E-state index in [1.54, 1.807) is 29.6 Å². The van der Waals surface area contributed by atoms with Crippen LogP contribution in [0.3, 0.4) is 0 Å². The minimum Gasteiger partial charge on any atom is -0.341 e. The molecule has 1 saturated heterocycles. The van der Waals surface area contributed by atoms with Crippen molar-refractivity contribution in [2.24, 2.45) is 7.05 Å². The number of nitrogens with one attached hydrogen (secondary N) is 2. The van der Waals surface area contributed by atoms with Crippen LogP contribution in [-0.4, -0.2) is 44.8 Å². The van der Waals surface area contributed by atoms with Gasteiger partial charge in [-0.15, -0.1) is 0 Å². The van der Waals surface area contributed by atoms with Crippen molar-refractivity contribution in [3.05, 3.63) is 64.3 Å². The number of aromatic nitrogens is 4. The number of nitrogens with zero attached hydrogens (tertiary/aromatic N) is 5. The normalized spacial score (nSPS) is 15.8. The summed E-state index contributed by atoms with van der Waals surface area (Å²) in [6, 6.07) is 11.6. The zero-order valence-corrected chi connectivity index (χ0v) is 20.0. The van der Waals surface area contributed by atoms with E-state index in [9.17, 15) is 9.18 Å². The third kappa shape index (κ3) is 4.16. The molecule has 1 amide bonds. The van der Waals surface area contributed by atoms with Crippen molar-refractivity contribution < 1.29 is 9.18 Å². The largest absolute Gasteiger partial charge is 0.341 e. The first-order chi connectivity index (χ1) is 16.9. The molecule has 0 unspecified atom stereocenters. The van der Waals surface area contributed by atoms with Gasteiger partial charge in [-0.2, -0.15) is 10.4 Å². The van der Waals surface area contributed by atoms with Crippen LogP contribution >= 0.6 is 11.6 Å². The number of H-pyrrole nitrogens is 1. The van der Waals surface area contributed by atoms with Crippen LogP contribution in [0, 0.1) is 24.1 Å². The van der Waals surface area contributed by atoms with E-state index < -0.39 is 5.82 Å². The number of benzene rings is 2. The van der Waals surface area contributed by atoms with Crippen molar-refractivity contribution in [2.45, 2.75) is 25.8 Å². The topological polar surface area (TPSA) is 103 Å². The number of hydrogen-bond acceptors (Lipinski definition) is 5. The van der Waals surface area contributed by atoms with Gasteiger partial charge in [0.1, 0.15) is 28.6 Å². The summed E-state index contributed by atoms with van der Waals surface area (Å²) in [5.74, 6) is -0.530. The molecule has 2 aromatic heterocycles. The van der Waals surface area contributed by atoms with E-state index in [1.165, 1.54) is 12.1 Å². The molecule has 35 heavy (non-hydrogen) atoms. The molecule has 4 aromatic rings. The Morgan fingerprint density at radius 1 is 1.31 bits per heavy atom. The lowest BCUT2D eigenvalue weighted by Crippen LogP contribution is -2.49. The molecule has 0 saturated carbocycles. The van der Waals surface area contributed by atoms with Crippen LogP contribution in [0.5, 0.6) is 0 Å². The Labute approximate surface area is 206 Å². The van der Waals surface area contributed by atoms with Crippen molar-refractivity contribution in [3.8, 4) is 17.5 Å². The molecule has 5 rings (SSSR count). The summed E-state index contributed by atoms with van der Waals surface area (Å²) in [7, 11) is 1.77. The fourth-order valence-corrected chi connectivity index (χ4v) is 4.72. The van der Waals surface area contributed by atoms with Crippen LogP contribution in [0.25, 0.3) is 22.3 Å². The van der Waals surface area contributed by atoms with E-state index in [0.717, 1.165) is 30.3 Å². The van der Waals surface area contributed by atoms with Gasteiger partial charge in [0, 0.05) is 42.0 Å². The zero-order chi connectivity index (χ0) is 24.7. The van der Waals surface area contributed by atoms with E-state index in [0.29, 0.717) is 34.5 Å². The third-order valence-electron chi connectivity index (χ3n) is 6.33. The molecule has 10 heteroatoms. The van der Waals surface area contributed by atoms with Crippen LogP contribution < -0.4 is 10.2 Å². The van der Waals surface area contributed by atoms with Crippen LogP contribution in [0.15, 0.2) is 36.4 Å². The number of carbonyl (C=O) groups excluding carboxylic acids is 1. The summed E-state index contributed by atoms with van der Waals surface area (Å²) in [5.41, 5.74) is 2.69. The smallest absolute Gasteiger partial charge is 0.279 e. The molecule has 2 N–H and O–H groups in total. The average Bonchev–Trinajstić information content (AvgIpc) is 3.39. The zero-order valence-electron chi connectivity index (χ0n) is 19.3. The molecule has 0 aliphatic carbocycles. The van der Waals surface area contributed by atoms with E-state index in [-0.39, 0.29) is 23.2 Å². The van der Waals surface area contributed by atoms with E-state index in [4.69, 9.17) is 16.9 Å². The number of imidazole rings is 1. The summed E-state index contributed by atoms with van der Waals surface area (Å²) in [6.07, 6.45) is 1.79. The molecule has 0 spiro atoms. The quantitative estimate of drug-likeness (QED) is 0.442. The summed E-state index contributed by atoms with van der Waals surface area (Å²) < 4.78 is 15.8. The maximum atomic E-state index is 14.2. The second-order valence-corrected chi connectivity index (χ2v) is 9.01. The van der Waals surface area contributed by atoms with Gasteiger partial charge in [-0.3, -0.25) is 9.48 Å². The van der Waals surface area contributed by atoms with Gasteiger partial charge < -0.3 is 15.2 Å². The van der Waals surface area contributed by atoms with Crippen LogP contribution in [0.2, 0.25) is 5.15 Å². The molecule has 1 fully saturated rings. The molecule has 1 aliphatic rings. The predicted molar refractivity (Wildman–Crippen MR) is 132 cm³/mol. The summed E-state index contributed by atoms with van der Waals surface area (Å²) in [6.45, 7) is 3.33. The second kappa shape index (κ2) is 9.13. The molecule has 2 aromatic carbocycles. The van der Waals surface area contributed by atoms with Gasteiger partial charge in [0.05, 0.1) is 11.1 Å². The number of halogens is 2. The lowest BCUT2D eigenvalue weighted by atomic mass is 10.0. The standard InChI is InChI=1S/C25H23ClFN7O/c1-14-22(31-24(30-14)15-5-6-16(12-28)20(27)10-15)25(35)34(18-4-3-9-29-13-18)17-7-8-21-19(11-17)23(26)33(2)32-21/h5-8,10-11,18,29H,3-4,9,13H2,1-2H3,(H,30,31)/t18-/m1/s1. The monoisotopic (exact) mass is 491 g/mol. The van der Waals surface area contributed by atoms with E-state index >= 15 is 0 Å². The number of piperidine rings is 1. The highest BCUT2D eigenvalue weighted by Gasteiger charge is 2.31. The Kier molecular flexibility index (Phi) is 6.01. The van der Waals surface area contributed by atoms with Crippen molar-refractivity contribution >= 4 is 34.1 Å². The Bertz CT molecular complexity index is 1480. The number of aryl methyl sites for hydroxylation is 2. The molecule has 1 aliphatic heterocycles. The molecular weight excluding hydrogens is 469 g/mol. The van der Waals surface area contributed by atoms with Gasteiger partial charge in [0.25, 0.3) is 5.91 Å². The predicted octanol–water partition coefficient (Wildman–Crippen LogP) is 4.33. The van der Waals surface area contributed by atoms with Gasteiger partial charge >= 0.3 is 0 Å². The minimum absolute atomic E-state index is 0.0474. The first-order valence-electron chi connectivity index (χ1n) is 11.3. The average molecular weight is 492 g/mol. The van der Waals surface area contributed by atoms with Crippen LogP contribution in [-0.2, 0) is 7.05 Å². The number of nitriles is 1. The first kappa shape index (κ1) is 23.0. The number of amides is 1. The van der Waals surface area contributed by atoms with Gasteiger partial charge in [-0.05, 0) is 62.7 Å². The fraction of sp³-hybridized carbons (Fsp3) is 0.280. The van der Waals surface area contributed by atoms with Gasteiger partial charge in [-0.25, -0.2) is 9.37 Å². The van der Waals surface area contributed by atoms with Crippen molar-refractivity contribution in [2.75, 3.05) is 18.0 Å². The third-order valence-corrected chi connectivity index (χ3v) is 6.78. The molecule has 0 radical (unpaired) electrons. The van der Waals surface area contributed by atoms with Crippen LogP contribution in [0.4, 0.5) is 10.1 Å². The number of hydrogen-bond donors (Lipinski definition) is 2. The van der Waals surface area contributed by atoms with Crippen molar-refractivity contribution in [1.29, 1.82) is 5.26 Å². The molecular formula is C25H23ClFN7O. The Morgan fingerprint density at radius 3 is 2.86 bits per heavy atom. The minimum atomic E-state index is -0.636. The Balaban J connectivity index is 1.56. The first-order valence-corrected chi connectivity index (χ1v) is 11.7. The van der Waals surface area contributed by atoms with Gasteiger partial charge in [-0.1, -0.05) is 11.6 Å². The molecule has 3 heterocycles. The fourth-order valence-electron chi connectivity index (χ4n) is 4.53.